The first kappa shape index (κ1) is 11.8. The number of halogens is 2. The molecule has 2 aromatic rings. The summed E-state index contributed by atoms with van der Waals surface area (Å²) < 4.78 is 5.56. The Bertz CT molecular complexity index is 590. The molecule has 0 saturated carbocycles. The second-order valence-corrected chi connectivity index (χ2v) is 4.08. The van der Waals surface area contributed by atoms with Crippen molar-refractivity contribution < 1.29 is 4.74 Å². The van der Waals surface area contributed by atoms with Gasteiger partial charge in [-0.15, -0.1) is 0 Å². The van der Waals surface area contributed by atoms with Crippen LogP contribution in [-0.2, 0) is 0 Å². The van der Waals surface area contributed by atoms with Crippen LogP contribution in [0.4, 0.5) is 0 Å². The van der Waals surface area contributed by atoms with Crippen molar-refractivity contribution in [3.63, 3.8) is 0 Å². The molecule has 0 atom stereocenters. The van der Waals surface area contributed by atoms with E-state index in [9.17, 15) is 0 Å². The van der Waals surface area contributed by atoms with E-state index in [-0.39, 0.29) is 0 Å². The number of hydrogen-bond donors (Lipinski definition) is 0. The van der Waals surface area contributed by atoms with Crippen molar-refractivity contribution in [2.75, 3.05) is 0 Å². The topological polar surface area (TPSA) is 33.0 Å². The zero-order chi connectivity index (χ0) is 12.3. The highest BCUT2D eigenvalue weighted by Crippen LogP contribution is 2.34. The molecule has 0 aliphatic rings. The molecule has 2 aromatic carbocycles. The Kier molecular flexibility index (Phi) is 3.53. The minimum Gasteiger partial charge on any atom is -0.456 e. The van der Waals surface area contributed by atoms with Gasteiger partial charge in [0.05, 0.1) is 16.7 Å². The molecular formula is C13H7Cl2NO. The Morgan fingerprint density at radius 2 is 1.82 bits per heavy atom. The minimum atomic E-state index is 0.358. The van der Waals surface area contributed by atoms with Crippen molar-refractivity contribution >= 4 is 23.2 Å². The monoisotopic (exact) mass is 263 g/mol. The lowest BCUT2D eigenvalue weighted by Gasteiger charge is -2.08. The fourth-order valence-electron chi connectivity index (χ4n) is 1.32. The molecule has 0 aliphatic carbocycles. The Morgan fingerprint density at radius 1 is 1.06 bits per heavy atom. The quantitative estimate of drug-likeness (QED) is 0.790. The van der Waals surface area contributed by atoms with E-state index >= 15 is 0 Å². The summed E-state index contributed by atoms with van der Waals surface area (Å²) >= 11 is 11.9. The van der Waals surface area contributed by atoms with Crippen LogP contribution >= 0.6 is 23.2 Å². The molecule has 0 heterocycles. The molecule has 0 amide bonds. The van der Waals surface area contributed by atoms with Crippen LogP contribution in [0.1, 0.15) is 5.56 Å². The first-order valence-corrected chi connectivity index (χ1v) is 5.58. The number of nitriles is 1. The summed E-state index contributed by atoms with van der Waals surface area (Å²) in [5.74, 6) is 1.02. The maximum atomic E-state index is 8.77. The Hall–Kier alpha value is -1.69. The van der Waals surface area contributed by atoms with Gasteiger partial charge in [-0.1, -0.05) is 35.3 Å². The minimum absolute atomic E-state index is 0.358. The number of ether oxygens (including phenoxy) is 1. The van der Waals surface area contributed by atoms with Gasteiger partial charge >= 0.3 is 0 Å². The van der Waals surface area contributed by atoms with E-state index < -0.39 is 0 Å². The van der Waals surface area contributed by atoms with Crippen LogP contribution < -0.4 is 4.74 Å². The molecule has 0 aromatic heterocycles. The van der Waals surface area contributed by atoms with Crippen LogP contribution in [0.25, 0.3) is 0 Å². The first-order chi connectivity index (χ1) is 8.20. The van der Waals surface area contributed by atoms with Crippen molar-refractivity contribution in [2.45, 2.75) is 0 Å². The van der Waals surface area contributed by atoms with E-state index in [0.29, 0.717) is 27.1 Å². The van der Waals surface area contributed by atoms with Gasteiger partial charge in [0.25, 0.3) is 0 Å². The van der Waals surface area contributed by atoms with Crippen molar-refractivity contribution in [1.82, 2.24) is 0 Å². The third-order valence-electron chi connectivity index (χ3n) is 2.11. The van der Waals surface area contributed by atoms with Crippen molar-refractivity contribution in [3.05, 3.63) is 58.1 Å². The predicted molar refractivity (Wildman–Crippen MR) is 67.7 cm³/mol. The molecule has 0 N–H and O–H groups in total. The van der Waals surface area contributed by atoms with Crippen LogP contribution in [0, 0.1) is 11.3 Å². The predicted octanol–water partition coefficient (Wildman–Crippen LogP) is 4.66. The van der Waals surface area contributed by atoms with Gasteiger partial charge in [0.2, 0.25) is 0 Å². The highest BCUT2D eigenvalue weighted by atomic mass is 35.5. The second-order valence-electron chi connectivity index (χ2n) is 3.29. The van der Waals surface area contributed by atoms with Gasteiger partial charge < -0.3 is 4.74 Å². The molecule has 0 fully saturated rings. The Morgan fingerprint density at radius 3 is 2.59 bits per heavy atom. The van der Waals surface area contributed by atoms with Gasteiger partial charge in [0, 0.05) is 0 Å². The van der Waals surface area contributed by atoms with Crippen molar-refractivity contribution in [2.24, 2.45) is 0 Å². The molecule has 0 unspecified atom stereocenters. The summed E-state index contributed by atoms with van der Waals surface area (Å²) in [6.07, 6.45) is 0. The molecule has 0 saturated heterocycles. The lowest BCUT2D eigenvalue weighted by molar-refractivity contribution is 0.483. The van der Waals surface area contributed by atoms with Crippen LogP contribution in [0.3, 0.4) is 0 Å². The largest absolute Gasteiger partial charge is 0.456 e. The number of hydrogen-bond acceptors (Lipinski definition) is 2. The third-order valence-corrected chi connectivity index (χ3v) is 2.91. The molecule has 0 radical (unpaired) electrons. The van der Waals surface area contributed by atoms with E-state index in [4.69, 9.17) is 33.2 Å². The summed E-state index contributed by atoms with van der Waals surface area (Å²) in [7, 11) is 0. The SMILES string of the molecule is N#Cc1cccc(Oc2cccc(Cl)c2Cl)c1. The third kappa shape index (κ3) is 2.71. The maximum absolute atomic E-state index is 8.77. The standard InChI is InChI=1S/C13H7Cl2NO/c14-11-5-2-6-12(13(11)15)17-10-4-1-3-9(7-10)8-16/h1-7H. The van der Waals surface area contributed by atoms with Crippen LogP contribution in [0.5, 0.6) is 11.5 Å². The van der Waals surface area contributed by atoms with Crippen LogP contribution in [0.15, 0.2) is 42.5 Å². The lowest BCUT2D eigenvalue weighted by Crippen LogP contribution is -1.86. The molecule has 0 aliphatic heterocycles. The number of nitrogens with zero attached hydrogens (tertiary/aromatic N) is 1. The van der Waals surface area contributed by atoms with E-state index in [1.165, 1.54) is 0 Å². The smallest absolute Gasteiger partial charge is 0.147 e. The average molecular weight is 264 g/mol. The Labute approximate surface area is 109 Å². The number of benzene rings is 2. The summed E-state index contributed by atoms with van der Waals surface area (Å²) in [6, 6.07) is 14.0. The summed E-state index contributed by atoms with van der Waals surface area (Å²) in [6.45, 7) is 0. The van der Waals surface area contributed by atoms with E-state index in [1.807, 2.05) is 6.07 Å². The molecule has 0 spiro atoms. The maximum Gasteiger partial charge on any atom is 0.147 e. The van der Waals surface area contributed by atoms with Gasteiger partial charge in [-0.2, -0.15) is 5.26 Å². The zero-order valence-corrected chi connectivity index (χ0v) is 10.2. The van der Waals surface area contributed by atoms with Crippen LogP contribution in [-0.4, -0.2) is 0 Å². The lowest BCUT2D eigenvalue weighted by atomic mass is 10.2. The van der Waals surface area contributed by atoms with Gasteiger partial charge in [-0.3, -0.25) is 0 Å². The van der Waals surface area contributed by atoms with E-state index in [0.717, 1.165) is 0 Å². The summed E-state index contributed by atoms with van der Waals surface area (Å²) in [4.78, 5) is 0. The Balaban J connectivity index is 2.32. The fraction of sp³-hybridized carbons (Fsp3) is 0. The van der Waals surface area contributed by atoms with Crippen molar-refractivity contribution in [1.29, 1.82) is 5.26 Å². The zero-order valence-electron chi connectivity index (χ0n) is 8.65. The molecule has 84 valence electrons. The van der Waals surface area contributed by atoms with Gasteiger partial charge in [-0.05, 0) is 30.3 Å². The highest BCUT2D eigenvalue weighted by Gasteiger charge is 2.06. The fourth-order valence-corrected chi connectivity index (χ4v) is 1.65. The van der Waals surface area contributed by atoms with E-state index in [1.54, 1.807) is 42.5 Å². The molecule has 0 bridgehead atoms. The summed E-state index contributed by atoms with van der Waals surface area (Å²) in [5, 5.41) is 9.56. The second kappa shape index (κ2) is 5.09. The molecule has 4 heteroatoms. The van der Waals surface area contributed by atoms with Crippen LogP contribution in [0.2, 0.25) is 10.0 Å². The molecule has 2 nitrogen and oxygen atoms in total. The average Bonchev–Trinajstić information content (AvgIpc) is 2.35. The number of rotatable bonds is 2. The first-order valence-electron chi connectivity index (χ1n) is 4.83. The van der Waals surface area contributed by atoms with E-state index in [2.05, 4.69) is 0 Å². The molecule has 2 rings (SSSR count). The van der Waals surface area contributed by atoms with Gasteiger partial charge in [-0.25, -0.2) is 0 Å². The van der Waals surface area contributed by atoms with Gasteiger partial charge in [0.15, 0.2) is 0 Å². The van der Waals surface area contributed by atoms with Gasteiger partial charge in [0.1, 0.15) is 16.5 Å². The highest BCUT2D eigenvalue weighted by molar-refractivity contribution is 6.42. The normalized spacial score (nSPS) is 9.71. The van der Waals surface area contributed by atoms with Crippen molar-refractivity contribution in [3.8, 4) is 17.6 Å². The molecule has 17 heavy (non-hydrogen) atoms. The summed E-state index contributed by atoms with van der Waals surface area (Å²) in [5.41, 5.74) is 0.528. The molecular weight excluding hydrogens is 257 g/mol.